The highest BCUT2D eigenvalue weighted by atomic mass is 16.3. The molecular formula is C45H29N3O. The van der Waals surface area contributed by atoms with E-state index in [0.29, 0.717) is 17.5 Å². The minimum absolute atomic E-state index is 0.582. The van der Waals surface area contributed by atoms with Gasteiger partial charge in [0.15, 0.2) is 17.5 Å². The summed E-state index contributed by atoms with van der Waals surface area (Å²) in [6.45, 7) is 0. The molecule has 4 nitrogen and oxygen atoms in total. The topological polar surface area (TPSA) is 51.8 Å². The van der Waals surface area contributed by atoms with Gasteiger partial charge in [0.05, 0.1) is 0 Å². The second kappa shape index (κ2) is 12.2. The molecule has 0 saturated heterocycles. The highest BCUT2D eigenvalue weighted by Gasteiger charge is 2.18. The fourth-order valence-electron chi connectivity index (χ4n) is 6.59. The van der Waals surface area contributed by atoms with Gasteiger partial charge in [-0.3, -0.25) is 0 Å². The number of hydrogen-bond acceptors (Lipinski definition) is 4. The molecule has 4 heteroatoms. The Hall–Kier alpha value is -6.65. The Bertz CT molecular complexity index is 2590. The fraction of sp³-hybridized carbons (Fsp3) is 0. The maximum Gasteiger partial charge on any atom is 0.164 e. The van der Waals surface area contributed by atoms with Crippen molar-refractivity contribution >= 4 is 21.9 Å². The van der Waals surface area contributed by atoms with E-state index in [1.807, 2.05) is 36.4 Å². The largest absolute Gasteiger partial charge is 0.456 e. The molecule has 230 valence electrons. The first-order chi connectivity index (χ1) is 24.3. The van der Waals surface area contributed by atoms with Gasteiger partial charge in [-0.1, -0.05) is 152 Å². The van der Waals surface area contributed by atoms with E-state index in [4.69, 9.17) is 19.4 Å². The van der Waals surface area contributed by atoms with E-state index in [2.05, 4.69) is 140 Å². The highest BCUT2D eigenvalue weighted by molar-refractivity contribution is 6.13. The molecule has 7 aromatic carbocycles. The number of fused-ring (bicyclic) bond motifs is 3. The quantitative estimate of drug-likeness (QED) is 0.184. The first-order valence-electron chi connectivity index (χ1n) is 16.4. The lowest BCUT2D eigenvalue weighted by Crippen LogP contribution is -2.01. The molecular weight excluding hydrogens is 599 g/mol. The molecule has 9 rings (SSSR count). The van der Waals surface area contributed by atoms with Gasteiger partial charge in [-0.05, 0) is 57.6 Å². The standard InChI is InChI=1S/C45H29N3O/c1-4-14-30(15-5-1)33-20-12-21-34(28-33)43-46-44(48-45(47-43)38-23-11-10-22-36(38)31-16-6-2-7-17-31)35-26-27-39-41(29-35)49-40-25-13-24-37(42(39)40)32-18-8-3-9-19-32/h1-29H. The summed E-state index contributed by atoms with van der Waals surface area (Å²) in [6, 6.07) is 60.3. The SMILES string of the molecule is c1ccc(-c2cccc(-c3nc(-c4ccc5c(c4)oc4cccc(-c6ccccc6)c45)nc(-c4ccccc4-c4ccccc4)n3)c2)cc1. The molecule has 0 radical (unpaired) electrons. The van der Waals surface area contributed by atoms with Gasteiger partial charge in [0.25, 0.3) is 0 Å². The van der Waals surface area contributed by atoms with Gasteiger partial charge >= 0.3 is 0 Å². The van der Waals surface area contributed by atoms with Gasteiger partial charge in [-0.15, -0.1) is 0 Å². The van der Waals surface area contributed by atoms with Gasteiger partial charge in [0.2, 0.25) is 0 Å². The normalized spacial score (nSPS) is 11.3. The van der Waals surface area contributed by atoms with Crippen LogP contribution in [0.25, 0.3) is 89.5 Å². The molecule has 0 saturated carbocycles. The van der Waals surface area contributed by atoms with Crippen LogP contribution in [0.5, 0.6) is 0 Å². The number of nitrogens with zero attached hydrogens (tertiary/aromatic N) is 3. The summed E-state index contributed by atoms with van der Waals surface area (Å²) in [6.07, 6.45) is 0. The van der Waals surface area contributed by atoms with Crippen molar-refractivity contribution in [2.24, 2.45) is 0 Å². The molecule has 49 heavy (non-hydrogen) atoms. The van der Waals surface area contributed by atoms with E-state index in [0.717, 1.165) is 72.0 Å². The maximum absolute atomic E-state index is 6.48. The number of aromatic nitrogens is 3. The van der Waals surface area contributed by atoms with Crippen molar-refractivity contribution in [3.8, 4) is 67.5 Å². The zero-order valence-corrected chi connectivity index (χ0v) is 26.5. The van der Waals surface area contributed by atoms with Crippen LogP contribution in [0.4, 0.5) is 0 Å². The van der Waals surface area contributed by atoms with Crippen LogP contribution in [0.1, 0.15) is 0 Å². The molecule has 0 aliphatic carbocycles. The highest BCUT2D eigenvalue weighted by Crippen LogP contribution is 2.39. The molecule has 0 spiro atoms. The average Bonchev–Trinajstić information content (AvgIpc) is 3.57. The van der Waals surface area contributed by atoms with Crippen LogP contribution >= 0.6 is 0 Å². The van der Waals surface area contributed by atoms with Gasteiger partial charge in [0.1, 0.15) is 11.2 Å². The van der Waals surface area contributed by atoms with Crippen LogP contribution in [0, 0.1) is 0 Å². The van der Waals surface area contributed by atoms with Crippen molar-refractivity contribution < 1.29 is 4.42 Å². The number of furan rings is 1. The Morgan fingerprint density at radius 2 is 0.816 bits per heavy atom. The van der Waals surface area contributed by atoms with E-state index in [-0.39, 0.29) is 0 Å². The van der Waals surface area contributed by atoms with Crippen LogP contribution in [0.2, 0.25) is 0 Å². The van der Waals surface area contributed by atoms with E-state index in [1.165, 1.54) is 0 Å². The third-order valence-electron chi connectivity index (χ3n) is 8.96. The van der Waals surface area contributed by atoms with Gasteiger partial charge < -0.3 is 4.42 Å². The molecule has 0 bridgehead atoms. The Labute approximate surface area is 284 Å². The van der Waals surface area contributed by atoms with E-state index in [9.17, 15) is 0 Å². The lowest BCUT2D eigenvalue weighted by molar-refractivity contribution is 0.669. The van der Waals surface area contributed by atoms with Crippen molar-refractivity contribution in [2.75, 3.05) is 0 Å². The van der Waals surface area contributed by atoms with Crippen LogP contribution in [0.15, 0.2) is 180 Å². The third-order valence-corrected chi connectivity index (χ3v) is 8.96. The minimum Gasteiger partial charge on any atom is -0.456 e. The summed E-state index contributed by atoms with van der Waals surface area (Å²) >= 11 is 0. The summed E-state index contributed by atoms with van der Waals surface area (Å²) in [5.41, 5.74) is 11.0. The Kier molecular flexibility index (Phi) is 7.10. The van der Waals surface area contributed by atoms with Crippen LogP contribution < -0.4 is 0 Å². The smallest absolute Gasteiger partial charge is 0.164 e. The molecule has 2 aromatic heterocycles. The van der Waals surface area contributed by atoms with Crippen molar-refractivity contribution in [3.05, 3.63) is 176 Å². The third kappa shape index (κ3) is 5.35. The molecule has 0 fully saturated rings. The van der Waals surface area contributed by atoms with Crippen LogP contribution in [-0.4, -0.2) is 15.0 Å². The van der Waals surface area contributed by atoms with Crippen LogP contribution in [0.3, 0.4) is 0 Å². The molecule has 0 amide bonds. The van der Waals surface area contributed by atoms with E-state index < -0.39 is 0 Å². The molecule has 0 aliphatic heterocycles. The Balaban J connectivity index is 1.23. The average molecular weight is 628 g/mol. The minimum atomic E-state index is 0.582. The molecule has 9 aromatic rings. The van der Waals surface area contributed by atoms with E-state index >= 15 is 0 Å². The number of hydrogen-bond donors (Lipinski definition) is 0. The fourth-order valence-corrected chi connectivity index (χ4v) is 6.59. The van der Waals surface area contributed by atoms with Crippen molar-refractivity contribution in [1.82, 2.24) is 15.0 Å². The summed E-state index contributed by atoms with van der Waals surface area (Å²) in [7, 11) is 0. The zero-order chi connectivity index (χ0) is 32.6. The Morgan fingerprint density at radius 3 is 1.53 bits per heavy atom. The van der Waals surface area contributed by atoms with Gasteiger partial charge in [0, 0.05) is 27.5 Å². The predicted molar refractivity (Wildman–Crippen MR) is 200 cm³/mol. The molecule has 0 aliphatic rings. The summed E-state index contributed by atoms with van der Waals surface area (Å²) < 4.78 is 6.48. The maximum atomic E-state index is 6.48. The van der Waals surface area contributed by atoms with Crippen molar-refractivity contribution in [3.63, 3.8) is 0 Å². The van der Waals surface area contributed by atoms with Crippen molar-refractivity contribution in [1.29, 1.82) is 0 Å². The van der Waals surface area contributed by atoms with Gasteiger partial charge in [-0.25, -0.2) is 15.0 Å². The second-order valence-electron chi connectivity index (χ2n) is 12.0. The molecule has 0 N–H and O–H groups in total. The monoisotopic (exact) mass is 627 g/mol. The van der Waals surface area contributed by atoms with Crippen LogP contribution in [-0.2, 0) is 0 Å². The lowest BCUT2D eigenvalue weighted by atomic mass is 9.98. The van der Waals surface area contributed by atoms with Crippen molar-refractivity contribution in [2.45, 2.75) is 0 Å². The summed E-state index contributed by atoms with van der Waals surface area (Å²) in [4.78, 5) is 15.3. The molecule has 2 heterocycles. The predicted octanol–water partition coefficient (Wildman–Crippen LogP) is 11.8. The first-order valence-corrected chi connectivity index (χ1v) is 16.4. The van der Waals surface area contributed by atoms with Gasteiger partial charge in [-0.2, -0.15) is 0 Å². The molecule has 0 unspecified atom stereocenters. The number of benzene rings is 7. The number of rotatable bonds is 6. The summed E-state index contributed by atoms with van der Waals surface area (Å²) in [5, 5.41) is 2.15. The lowest BCUT2D eigenvalue weighted by Gasteiger charge is -2.12. The molecule has 0 atom stereocenters. The summed E-state index contributed by atoms with van der Waals surface area (Å²) in [5.74, 6) is 1.80. The van der Waals surface area contributed by atoms with E-state index in [1.54, 1.807) is 0 Å². The first kappa shape index (κ1) is 28.6. The second-order valence-corrected chi connectivity index (χ2v) is 12.0. The zero-order valence-electron chi connectivity index (χ0n) is 26.5. The Morgan fingerprint density at radius 1 is 0.306 bits per heavy atom.